The fourth-order valence-electron chi connectivity index (χ4n) is 2.94. The molecule has 1 aliphatic carbocycles. The predicted octanol–water partition coefficient (Wildman–Crippen LogP) is 2.44. The Morgan fingerprint density at radius 2 is 2.17 bits per heavy atom. The number of rotatable bonds is 5. The van der Waals surface area contributed by atoms with E-state index in [-0.39, 0.29) is 12.6 Å². The van der Waals surface area contributed by atoms with E-state index in [1.54, 1.807) is 12.1 Å². The molecule has 1 heterocycles. The van der Waals surface area contributed by atoms with Crippen LogP contribution in [0.1, 0.15) is 24.5 Å². The normalized spacial score (nSPS) is 18.8. The van der Waals surface area contributed by atoms with Gasteiger partial charge in [-0.25, -0.2) is 9.78 Å². The number of pyridine rings is 1. The van der Waals surface area contributed by atoms with Crippen molar-refractivity contribution < 1.29 is 14.6 Å². The minimum absolute atomic E-state index is 0.167. The SMILES string of the molecule is CCOc1ccc(NC(=O)NCC2(O)CCc3ccccc32)cn1. The molecule has 1 aromatic carbocycles. The number of aliphatic hydroxyl groups is 1. The van der Waals surface area contributed by atoms with Crippen LogP contribution in [0.2, 0.25) is 0 Å². The summed E-state index contributed by atoms with van der Waals surface area (Å²) in [6.07, 6.45) is 2.96. The molecule has 3 N–H and O–H groups in total. The van der Waals surface area contributed by atoms with Gasteiger partial charge in [-0.3, -0.25) is 0 Å². The highest BCUT2D eigenvalue weighted by Crippen LogP contribution is 2.36. The summed E-state index contributed by atoms with van der Waals surface area (Å²) in [5.41, 5.74) is 1.59. The third-order valence-corrected chi connectivity index (χ3v) is 4.15. The molecule has 0 saturated carbocycles. The van der Waals surface area contributed by atoms with Gasteiger partial charge in [0.2, 0.25) is 5.88 Å². The molecule has 6 nitrogen and oxygen atoms in total. The Morgan fingerprint density at radius 1 is 1.33 bits per heavy atom. The number of amides is 2. The quantitative estimate of drug-likeness (QED) is 0.787. The van der Waals surface area contributed by atoms with Gasteiger partial charge in [0, 0.05) is 6.07 Å². The number of nitrogens with one attached hydrogen (secondary N) is 2. The molecule has 6 heteroatoms. The van der Waals surface area contributed by atoms with Gasteiger partial charge in [-0.05, 0) is 37.0 Å². The average Bonchev–Trinajstić information content (AvgIpc) is 2.93. The molecule has 126 valence electrons. The first-order chi connectivity index (χ1) is 11.6. The van der Waals surface area contributed by atoms with E-state index < -0.39 is 5.60 Å². The molecular formula is C18H21N3O3. The molecule has 0 bridgehead atoms. The van der Waals surface area contributed by atoms with E-state index in [1.807, 2.05) is 31.2 Å². The zero-order chi connectivity index (χ0) is 17.0. The van der Waals surface area contributed by atoms with Crippen molar-refractivity contribution in [2.24, 2.45) is 0 Å². The second kappa shape index (κ2) is 6.88. The summed E-state index contributed by atoms with van der Waals surface area (Å²) in [6, 6.07) is 10.8. The number of fused-ring (bicyclic) bond motifs is 1. The molecule has 0 aliphatic heterocycles. The van der Waals surface area contributed by atoms with Gasteiger partial charge < -0.3 is 20.5 Å². The van der Waals surface area contributed by atoms with Crippen molar-refractivity contribution in [1.29, 1.82) is 0 Å². The molecule has 1 atom stereocenters. The molecule has 2 amide bonds. The number of anilines is 1. The smallest absolute Gasteiger partial charge is 0.319 e. The molecule has 0 radical (unpaired) electrons. The summed E-state index contributed by atoms with van der Waals surface area (Å²) in [4.78, 5) is 16.1. The number of aromatic nitrogens is 1. The Morgan fingerprint density at radius 3 is 2.92 bits per heavy atom. The molecule has 24 heavy (non-hydrogen) atoms. The number of ether oxygens (including phenoxy) is 1. The number of benzene rings is 1. The van der Waals surface area contributed by atoms with E-state index in [9.17, 15) is 9.90 Å². The Bertz CT molecular complexity index is 718. The lowest BCUT2D eigenvalue weighted by atomic mass is 9.96. The lowest BCUT2D eigenvalue weighted by molar-refractivity contribution is 0.0417. The average molecular weight is 327 g/mol. The van der Waals surface area contributed by atoms with Crippen LogP contribution in [0.4, 0.5) is 10.5 Å². The van der Waals surface area contributed by atoms with E-state index in [0.717, 1.165) is 17.5 Å². The lowest BCUT2D eigenvalue weighted by Crippen LogP contribution is -2.41. The maximum atomic E-state index is 12.0. The first kappa shape index (κ1) is 16.3. The van der Waals surface area contributed by atoms with Crippen LogP contribution in [0.5, 0.6) is 5.88 Å². The highest BCUT2D eigenvalue weighted by atomic mass is 16.5. The molecule has 1 unspecified atom stereocenters. The van der Waals surface area contributed by atoms with Crippen LogP contribution < -0.4 is 15.4 Å². The predicted molar refractivity (Wildman–Crippen MR) is 91.1 cm³/mol. The fraction of sp³-hybridized carbons (Fsp3) is 0.333. The third-order valence-electron chi connectivity index (χ3n) is 4.15. The van der Waals surface area contributed by atoms with Crippen molar-refractivity contribution in [2.45, 2.75) is 25.4 Å². The van der Waals surface area contributed by atoms with Crippen LogP contribution in [0.25, 0.3) is 0 Å². The Hall–Kier alpha value is -2.60. The van der Waals surface area contributed by atoms with Gasteiger partial charge in [-0.15, -0.1) is 0 Å². The summed E-state index contributed by atoms with van der Waals surface area (Å²) >= 11 is 0. The van der Waals surface area contributed by atoms with Crippen LogP contribution in [0, 0.1) is 0 Å². The molecule has 3 rings (SSSR count). The summed E-state index contributed by atoms with van der Waals surface area (Å²) in [5, 5.41) is 16.2. The number of hydrogen-bond donors (Lipinski definition) is 3. The summed E-state index contributed by atoms with van der Waals surface area (Å²) in [6.45, 7) is 2.59. The molecule has 0 spiro atoms. The number of aryl methyl sites for hydroxylation is 1. The van der Waals surface area contributed by atoms with Crippen molar-refractivity contribution in [3.8, 4) is 5.88 Å². The zero-order valence-electron chi connectivity index (χ0n) is 13.6. The summed E-state index contributed by atoms with van der Waals surface area (Å²) in [7, 11) is 0. The molecular weight excluding hydrogens is 306 g/mol. The van der Waals surface area contributed by atoms with Crippen molar-refractivity contribution in [3.63, 3.8) is 0 Å². The largest absolute Gasteiger partial charge is 0.478 e. The lowest BCUT2D eigenvalue weighted by Gasteiger charge is -2.24. The van der Waals surface area contributed by atoms with Gasteiger partial charge in [0.1, 0.15) is 5.60 Å². The monoisotopic (exact) mass is 327 g/mol. The highest BCUT2D eigenvalue weighted by molar-refractivity contribution is 5.89. The first-order valence-electron chi connectivity index (χ1n) is 8.05. The van der Waals surface area contributed by atoms with Crippen LogP contribution >= 0.6 is 0 Å². The maximum absolute atomic E-state index is 12.0. The Kier molecular flexibility index (Phi) is 4.66. The standard InChI is InChI=1S/C18H21N3O3/c1-2-24-16-8-7-14(11-19-16)21-17(22)20-12-18(23)10-9-13-5-3-4-6-15(13)18/h3-8,11,23H,2,9-10,12H2,1H3,(H2,20,21,22). The number of carbonyl (C=O) groups is 1. The second-order valence-electron chi connectivity index (χ2n) is 5.81. The number of hydrogen-bond acceptors (Lipinski definition) is 4. The topological polar surface area (TPSA) is 83.5 Å². The molecule has 1 aromatic heterocycles. The van der Waals surface area contributed by atoms with Crippen LogP contribution in [-0.2, 0) is 12.0 Å². The van der Waals surface area contributed by atoms with Crippen LogP contribution in [0.15, 0.2) is 42.6 Å². The van der Waals surface area contributed by atoms with Gasteiger partial charge in [0.25, 0.3) is 0 Å². The summed E-state index contributed by atoms with van der Waals surface area (Å²) in [5.74, 6) is 0.514. The molecule has 1 aliphatic rings. The number of urea groups is 1. The highest BCUT2D eigenvalue weighted by Gasteiger charge is 2.36. The van der Waals surface area contributed by atoms with Crippen molar-refractivity contribution in [3.05, 3.63) is 53.7 Å². The first-order valence-corrected chi connectivity index (χ1v) is 8.05. The molecule has 0 fully saturated rings. The maximum Gasteiger partial charge on any atom is 0.319 e. The van der Waals surface area contributed by atoms with E-state index in [1.165, 1.54) is 6.20 Å². The van der Waals surface area contributed by atoms with Crippen LogP contribution in [0.3, 0.4) is 0 Å². The van der Waals surface area contributed by atoms with Crippen LogP contribution in [-0.4, -0.2) is 29.3 Å². The summed E-state index contributed by atoms with van der Waals surface area (Å²) < 4.78 is 5.25. The zero-order valence-corrected chi connectivity index (χ0v) is 13.6. The second-order valence-corrected chi connectivity index (χ2v) is 5.81. The third kappa shape index (κ3) is 3.49. The number of carbonyl (C=O) groups excluding carboxylic acids is 1. The minimum Gasteiger partial charge on any atom is -0.478 e. The Balaban J connectivity index is 1.56. The van der Waals surface area contributed by atoms with Gasteiger partial charge in [0.15, 0.2) is 0 Å². The van der Waals surface area contributed by atoms with Gasteiger partial charge in [0.05, 0.1) is 25.0 Å². The Labute approximate surface area is 140 Å². The van der Waals surface area contributed by atoms with E-state index in [4.69, 9.17) is 4.74 Å². The van der Waals surface area contributed by atoms with Gasteiger partial charge in [-0.1, -0.05) is 24.3 Å². The van der Waals surface area contributed by atoms with E-state index in [0.29, 0.717) is 24.6 Å². The van der Waals surface area contributed by atoms with E-state index >= 15 is 0 Å². The van der Waals surface area contributed by atoms with Crippen molar-refractivity contribution in [1.82, 2.24) is 10.3 Å². The van der Waals surface area contributed by atoms with E-state index in [2.05, 4.69) is 15.6 Å². The minimum atomic E-state index is -1.01. The fourth-order valence-corrected chi connectivity index (χ4v) is 2.94. The van der Waals surface area contributed by atoms with Gasteiger partial charge >= 0.3 is 6.03 Å². The van der Waals surface area contributed by atoms with Crippen molar-refractivity contribution >= 4 is 11.7 Å². The van der Waals surface area contributed by atoms with Crippen molar-refractivity contribution in [2.75, 3.05) is 18.5 Å². The molecule has 2 aromatic rings. The number of nitrogens with zero attached hydrogens (tertiary/aromatic N) is 1. The molecule has 0 saturated heterocycles. The van der Waals surface area contributed by atoms with Gasteiger partial charge in [-0.2, -0.15) is 0 Å².